The van der Waals surface area contributed by atoms with Crippen molar-refractivity contribution in [3.8, 4) is 5.75 Å². The molecule has 1 heterocycles. The van der Waals surface area contributed by atoms with Crippen molar-refractivity contribution in [1.82, 2.24) is 10.4 Å². The Kier molecular flexibility index (Phi) is 7.47. The Bertz CT molecular complexity index is 639. The van der Waals surface area contributed by atoms with Crippen molar-refractivity contribution in [3.63, 3.8) is 0 Å². The summed E-state index contributed by atoms with van der Waals surface area (Å²) >= 11 is 0. The van der Waals surface area contributed by atoms with Crippen LogP contribution in [0.5, 0.6) is 5.75 Å². The Hall–Kier alpha value is -2.69. The van der Waals surface area contributed by atoms with Crippen LogP contribution in [-0.2, 0) is 0 Å². The second-order valence-electron chi connectivity index (χ2n) is 5.39. The highest BCUT2D eigenvalue weighted by Crippen LogP contribution is 2.12. The van der Waals surface area contributed by atoms with E-state index >= 15 is 0 Å². The first kappa shape index (κ1) is 17.7. The first-order valence-electron chi connectivity index (χ1n) is 8.27. The summed E-state index contributed by atoms with van der Waals surface area (Å²) in [6.07, 6.45) is 7.92. The molecule has 126 valence electrons. The first-order valence-corrected chi connectivity index (χ1v) is 8.27. The van der Waals surface area contributed by atoms with Gasteiger partial charge in [0, 0.05) is 6.20 Å². The van der Waals surface area contributed by atoms with Gasteiger partial charge < -0.3 is 4.74 Å². The van der Waals surface area contributed by atoms with Gasteiger partial charge in [-0.25, -0.2) is 5.43 Å². The van der Waals surface area contributed by atoms with Gasteiger partial charge in [-0.3, -0.25) is 9.78 Å². The Labute approximate surface area is 142 Å². The Morgan fingerprint density at radius 3 is 2.71 bits per heavy atom. The SMILES string of the molecule is CCCCCCOc1ccc(/C=N\NC(=O)c2ccccn2)cc1. The topological polar surface area (TPSA) is 63.6 Å². The highest BCUT2D eigenvalue weighted by atomic mass is 16.5. The van der Waals surface area contributed by atoms with E-state index in [2.05, 4.69) is 22.4 Å². The third-order valence-corrected chi connectivity index (χ3v) is 3.42. The van der Waals surface area contributed by atoms with Crippen molar-refractivity contribution in [2.24, 2.45) is 5.10 Å². The van der Waals surface area contributed by atoms with Crippen molar-refractivity contribution in [2.75, 3.05) is 6.61 Å². The molecule has 24 heavy (non-hydrogen) atoms. The molecule has 1 N–H and O–H groups in total. The molecular formula is C19H23N3O2. The van der Waals surface area contributed by atoms with Gasteiger partial charge in [0.2, 0.25) is 0 Å². The van der Waals surface area contributed by atoms with E-state index in [9.17, 15) is 4.79 Å². The molecule has 0 atom stereocenters. The molecule has 0 spiro atoms. The van der Waals surface area contributed by atoms with Crippen molar-refractivity contribution in [3.05, 3.63) is 59.9 Å². The van der Waals surface area contributed by atoms with Crippen molar-refractivity contribution >= 4 is 12.1 Å². The Morgan fingerprint density at radius 1 is 1.17 bits per heavy atom. The molecule has 2 aromatic rings. The number of ether oxygens (including phenoxy) is 1. The maximum absolute atomic E-state index is 11.8. The summed E-state index contributed by atoms with van der Waals surface area (Å²) in [5.74, 6) is 0.514. The van der Waals surface area contributed by atoms with Crippen LogP contribution in [0.4, 0.5) is 0 Å². The van der Waals surface area contributed by atoms with Gasteiger partial charge in [-0.2, -0.15) is 5.10 Å². The molecule has 0 aliphatic rings. The maximum atomic E-state index is 11.8. The summed E-state index contributed by atoms with van der Waals surface area (Å²) < 4.78 is 5.69. The molecule has 1 aromatic heterocycles. The van der Waals surface area contributed by atoms with Gasteiger partial charge in [0.25, 0.3) is 5.91 Å². The molecule has 0 unspecified atom stereocenters. The number of hydrogen-bond acceptors (Lipinski definition) is 4. The van der Waals surface area contributed by atoms with Crippen LogP contribution in [-0.4, -0.2) is 23.7 Å². The molecule has 0 saturated heterocycles. The lowest BCUT2D eigenvalue weighted by Gasteiger charge is -2.05. The van der Waals surface area contributed by atoms with Crippen LogP contribution in [0.2, 0.25) is 0 Å². The van der Waals surface area contributed by atoms with Crippen molar-refractivity contribution in [1.29, 1.82) is 0 Å². The van der Waals surface area contributed by atoms with E-state index in [-0.39, 0.29) is 5.91 Å². The lowest BCUT2D eigenvalue weighted by molar-refractivity contribution is 0.0950. The molecule has 1 amide bonds. The summed E-state index contributed by atoms with van der Waals surface area (Å²) in [6, 6.07) is 12.8. The summed E-state index contributed by atoms with van der Waals surface area (Å²) in [7, 11) is 0. The second kappa shape index (κ2) is 10.2. The van der Waals surface area contributed by atoms with Crippen LogP contribution in [0.1, 0.15) is 48.7 Å². The quantitative estimate of drug-likeness (QED) is 0.433. The smallest absolute Gasteiger partial charge is 0.289 e. The minimum atomic E-state index is -0.334. The van der Waals surface area contributed by atoms with Crippen molar-refractivity contribution in [2.45, 2.75) is 32.6 Å². The van der Waals surface area contributed by atoms with Crippen LogP contribution < -0.4 is 10.2 Å². The number of nitrogens with zero attached hydrogens (tertiary/aromatic N) is 2. The summed E-state index contributed by atoms with van der Waals surface area (Å²) in [5.41, 5.74) is 3.67. The number of carbonyl (C=O) groups excluding carboxylic acids is 1. The van der Waals surface area contributed by atoms with Gasteiger partial charge in [0.15, 0.2) is 0 Å². The van der Waals surface area contributed by atoms with Crippen LogP contribution in [0.25, 0.3) is 0 Å². The number of hydrazone groups is 1. The fourth-order valence-corrected chi connectivity index (χ4v) is 2.09. The molecule has 0 fully saturated rings. The Balaban J connectivity index is 1.76. The lowest BCUT2D eigenvalue weighted by atomic mass is 10.2. The minimum Gasteiger partial charge on any atom is -0.494 e. The highest BCUT2D eigenvalue weighted by Gasteiger charge is 2.03. The predicted octanol–water partition coefficient (Wildman–Crippen LogP) is 3.80. The van der Waals surface area contributed by atoms with Gasteiger partial charge in [0.1, 0.15) is 11.4 Å². The number of rotatable bonds is 9. The lowest BCUT2D eigenvalue weighted by Crippen LogP contribution is -2.18. The van der Waals surface area contributed by atoms with E-state index in [1.54, 1.807) is 30.6 Å². The fraction of sp³-hybridized carbons (Fsp3) is 0.316. The van der Waals surface area contributed by atoms with Gasteiger partial charge in [-0.1, -0.05) is 32.3 Å². The second-order valence-corrected chi connectivity index (χ2v) is 5.39. The largest absolute Gasteiger partial charge is 0.494 e. The molecule has 5 heteroatoms. The number of pyridine rings is 1. The van der Waals surface area contributed by atoms with E-state index in [0.717, 1.165) is 24.3 Å². The van der Waals surface area contributed by atoms with Gasteiger partial charge in [-0.05, 0) is 48.4 Å². The third-order valence-electron chi connectivity index (χ3n) is 3.42. The number of aromatic nitrogens is 1. The molecule has 5 nitrogen and oxygen atoms in total. The van der Waals surface area contributed by atoms with Crippen LogP contribution in [0.15, 0.2) is 53.8 Å². The molecule has 2 rings (SSSR count). The van der Waals surface area contributed by atoms with E-state index in [4.69, 9.17) is 4.74 Å². The fourth-order valence-electron chi connectivity index (χ4n) is 2.09. The number of unbranched alkanes of at least 4 members (excludes halogenated alkanes) is 3. The Morgan fingerprint density at radius 2 is 2.00 bits per heavy atom. The molecule has 0 aliphatic carbocycles. The number of hydrogen-bond donors (Lipinski definition) is 1. The van der Waals surface area contributed by atoms with Gasteiger partial charge in [0.05, 0.1) is 12.8 Å². The molecule has 1 aromatic carbocycles. The zero-order chi connectivity index (χ0) is 17.0. The number of amides is 1. The zero-order valence-corrected chi connectivity index (χ0v) is 13.9. The molecule has 0 saturated carbocycles. The first-order chi connectivity index (χ1) is 11.8. The summed E-state index contributed by atoms with van der Waals surface area (Å²) in [5, 5.41) is 3.94. The van der Waals surface area contributed by atoms with E-state index < -0.39 is 0 Å². The zero-order valence-electron chi connectivity index (χ0n) is 13.9. The summed E-state index contributed by atoms with van der Waals surface area (Å²) in [4.78, 5) is 15.7. The van der Waals surface area contributed by atoms with Crippen LogP contribution in [0, 0.1) is 0 Å². The molecule has 0 aliphatic heterocycles. The minimum absolute atomic E-state index is 0.334. The van der Waals surface area contributed by atoms with Gasteiger partial charge >= 0.3 is 0 Å². The van der Waals surface area contributed by atoms with Crippen LogP contribution in [0.3, 0.4) is 0 Å². The predicted molar refractivity (Wildman–Crippen MR) is 95.4 cm³/mol. The molecule has 0 radical (unpaired) electrons. The monoisotopic (exact) mass is 325 g/mol. The van der Waals surface area contributed by atoms with Gasteiger partial charge in [-0.15, -0.1) is 0 Å². The maximum Gasteiger partial charge on any atom is 0.289 e. The number of nitrogens with one attached hydrogen (secondary N) is 1. The van der Waals surface area contributed by atoms with E-state index in [1.165, 1.54) is 19.3 Å². The number of benzene rings is 1. The standard InChI is InChI=1S/C19H23N3O2/c1-2-3-4-7-14-24-17-11-9-16(10-12-17)15-21-22-19(23)18-8-5-6-13-20-18/h5-6,8-13,15H,2-4,7,14H2,1H3,(H,22,23)/b21-15-. The van der Waals surface area contributed by atoms with Crippen LogP contribution >= 0.6 is 0 Å². The average molecular weight is 325 g/mol. The summed E-state index contributed by atoms with van der Waals surface area (Å²) in [6.45, 7) is 2.94. The normalized spacial score (nSPS) is 10.7. The van der Waals surface area contributed by atoms with E-state index in [0.29, 0.717) is 5.69 Å². The van der Waals surface area contributed by atoms with E-state index in [1.807, 2.05) is 24.3 Å². The average Bonchev–Trinajstić information content (AvgIpc) is 2.63. The molecular weight excluding hydrogens is 302 g/mol. The molecule has 0 bridgehead atoms. The third kappa shape index (κ3) is 6.20. The highest BCUT2D eigenvalue weighted by molar-refractivity contribution is 5.93. The van der Waals surface area contributed by atoms with Crippen molar-refractivity contribution < 1.29 is 9.53 Å². The number of carbonyl (C=O) groups is 1.